The summed E-state index contributed by atoms with van der Waals surface area (Å²) in [5.74, 6) is -0.218. The summed E-state index contributed by atoms with van der Waals surface area (Å²) in [4.78, 5) is 11.2. The number of rotatable bonds is 26. The molecule has 1 atom stereocenters. The largest absolute Gasteiger partial charge is 0.481 e. The second-order valence-corrected chi connectivity index (χ2v) is 10.1. The zero-order chi connectivity index (χ0) is 23.5. The lowest BCUT2D eigenvalue weighted by molar-refractivity contribution is -0.138. The van der Waals surface area contributed by atoms with Crippen LogP contribution in [0.5, 0.6) is 0 Å². The molecule has 0 radical (unpaired) electrons. The lowest BCUT2D eigenvalue weighted by atomic mass is 9.91. The van der Waals surface area contributed by atoms with Gasteiger partial charge in [-0.05, 0) is 44.4 Å². The van der Waals surface area contributed by atoms with E-state index in [-0.39, 0.29) is 0 Å². The predicted molar refractivity (Wildman–Crippen MR) is 142 cm³/mol. The lowest BCUT2D eigenvalue weighted by Crippen LogP contribution is -2.08. The first-order chi connectivity index (χ1) is 15.7. The third-order valence-corrected chi connectivity index (χ3v) is 6.80. The van der Waals surface area contributed by atoms with Crippen LogP contribution in [0.15, 0.2) is 12.2 Å². The van der Waals surface area contributed by atoms with E-state index in [1.807, 2.05) is 0 Å². The summed E-state index contributed by atoms with van der Waals surface area (Å²) in [6.45, 7) is 4.54. The van der Waals surface area contributed by atoms with Gasteiger partial charge in [-0.25, -0.2) is 0 Å². The Morgan fingerprint density at radius 2 is 0.906 bits per heavy atom. The van der Waals surface area contributed by atoms with Crippen LogP contribution in [0.2, 0.25) is 0 Å². The molecular formula is C30H58O2. The van der Waals surface area contributed by atoms with Crippen LogP contribution in [-0.2, 0) is 4.79 Å². The summed E-state index contributed by atoms with van der Waals surface area (Å²) >= 11 is 0. The molecule has 1 unspecified atom stereocenters. The minimum Gasteiger partial charge on any atom is -0.481 e. The summed E-state index contributed by atoms with van der Waals surface area (Å²) in [6, 6.07) is 0. The van der Waals surface area contributed by atoms with E-state index in [1.54, 1.807) is 0 Å². The quantitative estimate of drug-likeness (QED) is 0.105. The van der Waals surface area contributed by atoms with Crippen LogP contribution in [0.4, 0.5) is 0 Å². The Bertz CT molecular complexity index is 402. The number of carbonyl (C=O) groups is 1. The maximum atomic E-state index is 11.2. The maximum absolute atomic E-state index is 11.2. The van der Waals surface area contributed by atoms with E-state index in [2.05, 4.69) is 26.0 Å². The highest BCUT2D eigenvalue weighted by atomic mass is 16.4. The molecular weight excluding hydrogens is 392 g/mol. The molecule has 0 aliphatic carbocycles. The number of unbranched alkanes of at least 4 members (excludes halogenated alkanes) is 18. The zero-order valence-electron chi connectivity index (χ0n) is 22.1. The number of allylic oxidation sites excluding steroid dienone is 2. The van der Waals surface area contributed by atoms with E-state index in [0.29, 0.717) is 12.3 Å². The second kappa shape index (κ2) is 26.5. The van der Waals surface area contributed by atoms with Crippen molar-refractivity contribution in [1.29, 1.82) is 0 Å². The SMILES string of the molecule is CCCCCCCC/C=C\CCCCCC(CCCCCCCCCCCC)CC(=O)O. The van der Waals surface area contributed by atoms with Crippen LogP contribution >= 0.6 is 0 Å². The van der Waals surface area contributed by atoms with Crippen molar-refractivity contribution < 1.29 is 9.90 Å². The fourth-order valence-electron chi connectivity index (χ4n) is 4.67. The molecule has 0 amide bonds. The van der Waals surface area contributed by atoms with Gasteiger partial charge in [0.05, 0.1) is 0 Å². The Labute approximate surface area is 202 Å². The molecule has 0 heterocycles. The number of aliphatic carboxylic acids is 1. The van der Waals surface area contributed by atoms with Gasteiger partial charge in [-0.15, -0.1) is 0 Å². The van der Waals surface area contributed by atoms with Gasteiger partial charge in [-0.1, -0.05) is 135 Å². The highest BCUT2D eigenvalue weighted by Gasteiger charge is 2.12. The third kappa shape index (κ3) is 25.5. The highest BCUT2D eigenvalue weighted by molar-refractivity contribution is 5.66. The molecule has 190 valence electrons. The van der Waals surface area contributed by atoms with Gasteiger partial charge in [0.2, 0.25) is 0 Å². The second-order valence-electron chi connectivity index (χ2n) is 10.1. The van der Waals surface area contributed by atoms with Crippen molar-refractivity contribution in [3.63, 3.8) is 0 Å². The molecule has 0 bridgehead atoms. The van der Waals surface area contributed by atoms with Crippen molar-refractivity contribution in [3.8, 4) is 0 Å². The zero-order valence-corrected chi connectivity index (χ0v) is 22.1. The highest BCUT2D eigenvalue weighted by Crippen LogP contribution is 2.22. The molecule has 2 nitrogen and oxygen atoms in total. The Balaban J connectivity index is 3.60. The fourth-order valence-corrected chi connectivity index (χ4v) is 4.67. The van der Waals surface area contributed by atoms with E-state index < -0.39 is 5.97 Å². The van der Waals surface area contributed by atoms with Gasteiger partial charge in [-0.2, -0.15) is 0 Å². The van der Waals surface area contributed by atoms with E-state index in [4.69, 9.17) is 0 Å². The molecule has 0 spiro atoms. The molecule has 0 aromatic carbocycles. The summed E-state index contributed by atoms with van der Waals surface area (Å²) < 4.78 is 0. The topological polar surface area (TPSA) is 37.3 Å². The number of hydrogen-bond acceptors (Lipinski definition) is 1. The van der Waals surface area contributed by atoms with Crippen LogP contribution < -0.4 is 0 Å². The minimum atomic E-state index is -0.611. The molecule has 0 saturated carbocycles. The van der Waals surface area contributed by atoms with Gasteiger partial charge >= 0.3 is 5.97 Å². The summed E-state index contributed by atoms with van der Waals surface area (Å²) in [5.41, 5.74) is 0. The molecule has 0 fully saturated rings. The standard InChI is InChI=1S/C30H58O2/c1-3-5-7-9-11-13-15-16-17-19-21-23-25-27-29(28-30(31)32)26-24-22-20-18-14-12-10-8-6-4-2/h16-17,29H,3-15,18-28H2,1-2H3,(H,31,32)/b17-16-. The van der Waals surface area contributed by atoms with Crippen molar-refractivity contribution in [2.24, 2.45) is 5.92 Å². The van der Waals surface area contributed by atoms with Gasteiger partial charge in [0.25, 0.3) is 0 Å². The van der Waals surface area contributed by atoms with Crippen molar-refractivity contribution in [2.45, 2.75) is 168 Å². The molecule has 2 heteroatoms. The van der Waals surface area contributed by atoms with Crippen molar-refractivity contribution in [1.82, 2.24) is 0 Å². The van der Waals surface area contributed by atoms with Crippen LogP contribution in [0.3, 0.4) is 0 Å². The average Bonchev–Trinajstić information content (AvgIpc) is 2.77. The Hall–Kier alpha value is -0.790. The van der Waals surface area contributed by atoms with Crippen molar-refractivity contribution in [2.75, 3.05) is 0 Å². The molecule has 0 aromatic heterocycles. The van der Waals surface area contributed by atoms with Gasteiger partial charge in [-0.3, -0.25) is 4.79 Å². The monoisotopic (exact) mass is 450 g/mol. The molecule has 0 aliphatic heterocycles. The first-order valence-electron chi connectivity index (χ1n) is 14.6. The predicted octanol–water partition coefficient (Wildman–Crippen LogP) is 10.6. The molecule has 0 aromatic rings. The summed E-state index contributed by atoms with van der Waals surface area (Å²) in [7, 11) is 0. The normalized spacial score (nSPS) is 12.6. The van der Waals surface area contributed by atoms with E-state index in [9.17, 15) is 9.90 Å². The van der Waals surface area contributed by atoms with Crippen molar-refractivity contribution in [3.05, 3.63) is 12.2 Å². The average molecular weight is 451 g/mol. The Morgan fingerprint density at radius 3 is 1.31 bits per heavy atom. The number of carboxylic acids is 1. The Kier molecular flexibility index (Phi) is 25.8. The lowest BCUT2D eigenvalue weighted by Gasteiger charge is -2.14. The summed E-state index contributed by atoms with van der Waals surface area (Å²) in [5, 5.41) is 9.24. The third-order valence-electron chi connectivity index (χ3n) is 6.80. The molecule has 32 heavy (non-hydrogen) atoms. The Morgan fingerprint density at radius 1 is 0.562 bits per heavy atom. The van der Waals surface area contributed by atoms with E-state index >= 15 is 0 Å². The first-order valence-corrected chi connectivity index (χ1v) is 14.6. The van der Waals surface area contributed by atoms with Crippen LogP contribution in [-0.4, -0.2) is 11.1 Å². The van der Waals surface area contributed by atoms with Gasteiger partial charge in [0.15, 0.2) is 0 Å². The maximum Gasteiger partial charge on any atom is 0.303 e. The minimum absolute atomic E-state index is 0.371. The first kappa shape index (κ1) is 31.2. The van der Waals surface area contributed by atoms with Gasteiger partial charge < -0.3 is 5.11 Å². The molecule has 0 saturated heterocycles. The van der Waals surface area contributed by atoms with E-state index in [1.165, 1.54) is 135 Å². The van der Waals surface area contributed by atoms with Crippen molar-refractivity contribution >= 4 is 5.97 Å². The fraction of sp³-hybridized carbons (Fsp3) is 0.900. The van der Waals surface area contributed by atoms with Crippen LogP contribution in [0.1, 0.15) is 168 Å². The molecule has 0 aliphatic rings. The van der Waals surface area contributed by atoms with Gasteiger partial charge in [0, 0.05) is 6.42 Å². The smallest absolute Gasteiger partial charge is 0.303 e. The van der Waals surface area contributed by atoms with Crippen LogP contribution in [0.25, 0.3) is 0 Å². The van der Waals surface area contributed by atoms with Crippen LogP contribution in [0, 0.1) is 5.92 Å². The molecule has 1 N–H and O–H groups in total. The number of hydrogen-bond donors (Lipinski definition) is 1. The van der Waals surface area contributed by atoms with E-state index in [0.717, 1.165) is 12.8 Å². The molecule has 0 rings (SSSR count). The number of carboxylic acid groups (broad SMARTS) is 1. The summed E-state index contributed by atoms with van der Waals surface area (Å²) in [6.07, 6.45) is 35.2. The van der Waals surface area contributed by atoms with Gasteiger partial charge in [0.1, 0.15) is 0 Å².